The highest BCUT2D eigenvalue weighted by atomic mass is 16.6. The average Bonchev–Trinajstić information content (AvgIpc) is 2.56. The molecule has 0 aliphatic carbocycles. The first kappa shape index (κ1) is 17.0. The fourth-order valence-electron chi connectivity index (χ4n) is 2.34. The first-order valence-corrected chi connectivity index (χ1v) is 7.58. The maximum absolute atomic E-state index is 11.1. The summed E-state index contributed by atoms with van der Waals surface area (Å²) in [6.07, 6.45) is -1.99. The topological polar surface area (TPSA) is 84.6 Å². The van der Waals surface area contributed by atoms with Crippen molar-refractivity contribution in [3.05, 3.63) is 71.8 Å². The second kappa shape index (κ2) is 8.92. The Bertz CT molecular complexity index is 590. The molecule has 0 fully saturated rings. The second-order valence-corrected chi connectivity index (χ2v) is 5.35. The number of nitrogens with two attached hydrogens (primary N) is 1. The number of primary amides is 1. The number of rotatable bonds is 8. The lowest BCUT2D eigenvalue weighted by molar-refractivity contribution is 0.00728. The van der Waals surface area contributed by atoms with Crippen LogP contribution in [0.5, 0.6) is 0 Å². The third kappa shape index (κ3) is 6.10. The molecule has 2 aromatic rings. The van der Waals surface area contributed by atoms with Crippen LogP contribution in [-0.2, 0) is 17.7 Å². The van der Waals surface area contributed by atoms with Crippen LogP contribution in [0.15, 0.2) is 60.7 Å². The summed E-state index contributed by atoms with van der Waals surface area (Å²) in [5.41, 5.74) is 7.21. The minimum absolute atomic E-state index is 0.305. The molecule has 23 heavy (non-hydrogen) atoms. The minimum atomic E-state index is -0.881. The zero-order valence-electron chi connectivity index (χ0n) is 12.9. The highest BCUT2D eigenvalue weighted by Crippen LogP contribution is 2.10. The van der Waals surface area contributed by atoms with Crippen LogP contribution in [0.25, 0.3) is 0 Å². The normalized spacial score (nSPS) is 13.3. The maximum Gasteiger partial charge on any atom is 0.404 e. The summed E-state index contributed by atoms with van der Waals surface area (Å²) in [6, 6.07) is 19.4. The molecule has 0 saturated carbocycles. The number of hydrogen-bond acceptors (Lipinski definition) is 4. The number of ether oxygens (including phenoxy) is 1. The predicted octanol–water partition coefficient (Wildman–Crippen LogP) is 1.84. The summed E-state index contributed by atoms with van der Waals surface area (Å²) in [5, 5.41) is 13.5. The molecule has 4 N–H and O–H groups in total. The first-order chi connectivity index (χ1) is 11.1. The van der Waals surface area contributed by atoms with Gasteiger partial charge < -0.3 is 20.9 Å². The van der Waals surface area contributed by atoms with Crippen molar-refractivity contribution in [1.29, 1.82) is 0 Å². The molecular weight excluding hydrogens is 292 g/mol. The summed E-state index contributed by atoms with van der Waals surface area (Å²) < 4.78 is 5.07. The Morgan fingerprint density at radius 1 is 1.04 bits per heavy atom. The molecule has 2 atom stereocenters. The fraction of sp³-hybridized carbons (Fsp3) is 0.278. The molecule has 0 aliphatic heterocycles. The molecule has 2 aromatic carbocycles. The van der Waals surface area contributed by atoms with E-state index in [2.05, 4.69) is 5.32 Å². The molecular formula is C18H22N2O3. The van der Waals surface area contributed by atoms with E-state index in [9.17, 15) is 9.90 Å². The van der Waals surface area contributed by atoms with E-state index in [-0.39, 0.29) is 0 Å². The van der Waals surface area contributed by atoms with Gasteiger partial charge in [-0.25, -0.2) is 4.79 Å². The molecule has 0 aromatic heterocycles. The van der Waals surface area contributed by atoms with Gasteiger partial charge in [0.1, 0.15) is 12.2 Å². The van der Waals surface area contributed by atoms with Gasteiger partial charge in [0.05, 0.1) is 0 Å². The number of carbonyl (C=O) groups excluding carboxylic acids is 1. The van der Waals surface area contributed by atoms with Gasteiger partial charge in [-0.15, -0.1) is 0 Å². The van der Waals surface area contributed by atoms with E-state index in [1.54, 1.807) is 0 Å². The van der Waals surface area contributed by atoms with E-state index in [4.69, 9.17) is 10.5 Å². The molecule has 1 amide bonds. The number of carbonyl (C=O) groups is 1. The first-order valence-electron chi connectivity index (χ1n) is 7.58. The zero-order valence-corrected chi connectivity index (χ0v) is 12.9. The van der Waals surface area contributed by atoms with Gasteiger partial charge in [0, 0.05) is 19.5 Å². The van der Waals surface area contributed by atoms with Crippen LogP contribution in [0.4, 0.5) is 4.79 Å². The number of nitrogens with one attached hydrogen (secondary N) is 1. The number of hydrogen-bond donors (Lipinski definition) is 3. The van der Waals surface area contributed by atoms with Crippen LogP contribution >= 0.6 is 0 Å². The van der Waals surface area contributed by atoms with Gasteiger partial charge in [0.15, 0.2) is 0 Å². The van der Waals surface area contributed by atoms with Crippen molar-refractivity contribution in [2.45, 2.75) is 25.2 Å². The van der Waals surface area contributed by atoms with Crippen molar-refractivity contribution in [3.63, 3.8) is 0 Å². The van der Waals surface area contributed by atoms with Crippen molar-refractivity contribution in [1.82, 2.24) is 5.32 Å². The summed E-state index contributed by atoms with van der Waals surface area (Å²) in [4.78, 5) is 11.1. The van der Waals surface area contributed by atoms with Gasteiger partial charge in [-0.3, -0.25) is 0 Å². The highest BCUT2D eigenvalue weighted by molar-refractivity contribution is 5.64. The molecule has 2 rings (SSSR count). The molecule has 0 radical (unpaired) electrons. The summed E-state index contributed by atoms with van der Waals surface area (Å²) in [7, 11) is 0. The Morgan fingerprint density at radius 3 is 2.17 bits per heavy atom. The van der Waals surface area contributed by atoms with Gasteiger partial charge >= 0.3 is 6.09 Å². The largest absolute Gasteiger partial charge is 0.443 e. The number of aliphatic hydroxyl groups is 1. The summed E-state index contributed by atoms with van der Waals surface area (Å²) in [5.74, 6) is 0. The number of aliphatic hydroxyl groups excluding tert-OH is 1. The van der Waals surface area contributed by atoms with Crippen molar-refractivity contribution in [2.24, 2.45) is 5.73 Å². The van der Waals surface area contributed by atoms with Crippen LogP contribution in [-0.4, -0.2) is 30.0 Å². The van der Waals surface area contributed by atoms with Crippen LogP contribution < -0.4 is 11.1 Å². The van der Waals surface area contributed by atoms with Crippen LogP contribution in [0.1, 0.15) is 11.1 Å². The van der Waals surface area contributed by atoms with Gasteiger partial charge in [0.25, 0.3) is 0 Å². The van der Waals surface area contributed by atoms with Crippen molar-refractivity contribution >= 4 is 6.09 Å². The molecule has 0 heterocycles. The Hall–Kier alpha value is -2.37. The van der Waals surface area contributed by atoms with Crippen molar-refractivity contribution in [2.75, 3.05) is 6.54 Å². The molecule has 122 valence electrons. The zero-order chi connectivity index (χ0) is 16.5. The van der Waals surface area contributed by atoms with E-state index in [1.165, 1.54) is 0 Å². The van der Waals surface area contributed by atoms with Gasteiger partial charge in [-0.2, -0.15) is 0 Å². The maximum atomic E-state index is 11.1. The average molecular weight is 314 g/mol. The molecule has 0 spiro atoms. The lowest BCUT2D eigenvalue weighted by Crippen LogP contribution is -2.41. The van der Waals surface area contributed by atoms with Gasteiger partial charge in [-0.05, 0) is 11.1 Å². The van der Waals surface area contributed by atoms with E-state index in [0.717, 1.165) is 11.1 Å². The van der Waals surface area contributed by atoms with Crippen LogP contribution in [0.2, 0.25) is 0 Å². The van der Waals surface area contributed by atoms with Crippen molar-refractivity contribution in [3.8, 4) is 0 Å². The third-order valence-electron chi connectivity index (χ3n) is 3.50. The molecule has 0 bridgehead atoms. The van der Waals surface area contributed by atoms with E-state index in [0.29, 0.717) is 19.5 Å². The molecule has 2 unspecified atom stereocenters. The Kier molecular flexibility index (Phi) is 6.59. The Morgan fingerprint density at radius 2 is 1.61 bits per heavy atom. The van der Waals surface area contributed by atoms with Gasteiger partial charge in [-0.1, -0.05) is 60.7 Å². The number of amides is 1. The van der Waals surface area contributed by atoms with Crippen LogP contribution in [0, 0.1) is 0 Å². The summed E-state index contributed by atoms with van der Waals surface area (Å²) >= 11 is 0. The monoisotopic (exact) mass is 314 g/mol. The molecule has 0 aliphatic rings. The second-order valence-electron chi connectivity index (χ2n) is 5.35. The molecule has 5 heteroatoms. The Labute approximate surface area is 136 Å². The quantitative estimate of drug-likeness (QED) is 0.694. The van der Waals surface area contributed by atoms with Crippen molar-refractivity contribution < 1.29 is 14.6 Å². The molecule has 5 nitrogen and oxygen atoms in total. The van der Waals surface area contributed by atoms with E-state index >= 15 is 0 Å². The smallest absolute Gasteiger partial charge is 0.404 e. The lowest BCUT2D eigenvalue weighted by atomic mass is 10.0. The molecule has 0 saturated heterocycles. The third-order valence-corrected chi connectivity index (χ3v) is 3.50. The lowest BCUT2D eigenvalue weighted by Gasteiger charge is -2.23. The van der Waals surface area contributed by atoms with E-state index in [1.807, 2.05) is 60.7 Å². The SMILES string of the molecule is NC(=O)OC(Cc1ccccc1)C(O)CNCc1ccccc1. The predicted molar refractivity (Wildman–Crippen MR) is 88.8 cm³/mol. The summed E-state index contributed by atoms with van der Waals surface area (Å²) in [6.45, 7) is 0.937. The highest BCUT2D eigenvalue weighted by Gasteiger charge is 2.22. The van der Waals surface area contributed by atoms with E-state index < -0.39 is 18.3 Å². The minimum Gasteiger partial charge on any atom is -0.443 e. The Balaban J connectivity index is 1.88. The van der Waals surface area contributed by atoms with Crippen LogP contribution in [0.3, 0.4) is 0 Å². The van der Waals surface area contributed by atoms with Gasteiger partial charge in [0.2, 0.25) is 0 Å². The number of benzene rings is 2. The standard InChI is InChI=1S/C18H22N2O3/c19-18(22)23-17(11-14-7-3-1-4-8-14)16(21)13-20-12-15-9-5-2-6-10-15/h1-10,16-17,20-21H,11-13H2,(H2,19,22). The fourth-order valence-corrected chi connectivity index (χ4v) is 2.34.